The highest BCUT2D eigenvalue weighted by Crippen LogP contribution is 2.30. The highest BCUT2D eigenvalue weighted by Gasteiger charge is 2.26. The van der Waals surface area contributed by atoms with Crippen molar-refractivity contribution in [1.82, 2.24) is 9.29 Å². The molecule has 8 heteroatoms. The van der Waals surface area contributed by atoms with Gasteiger partial charge in [0.1, 0.15) is 11.9 Å². The lowest BCUT2D eigenvalue weighted by Crippen LogP contribution is -2.41. The van der Waals surface area contributed by atoms with Gasteiger partial charge < -0.3 is 4.74 Å². The minimum absolute atomic E-state index is 0.0478. The standard InChI is InChI=1S/C13H15FN2O3S2/c1-21(17,18)16-6-4-10(5-7-16)19-13-15-11-3-2-9(14)8-12(11)20-13/h2-3,8,10H,4-7H2,1H3. The molecule has 1 fully saturated rings. The molecule has 0 saturated carbocycles. The molecule has 5 nitrogen and oxygen atoms in total. The number of thiazole rings is 1. The van der Waals surface area contributed by atoms with Crippen LogP contribution in [0, 0.1) is 5.82 Å². The SMILES string of the molecule is CS(=O)(=O)N1CCC(Oc2nc3ccc(F)cc3s2)CC1. The average Bonchev–Trinajstić information content (AvgIpc) is 2.79. The first kappa shape index (κ1) is 14.7. The Kier molecular flexibility index (Phi) is 3.85. The van der Waals surface area contributed by atoms with E-state index in [1.54, 1.807) is 6.07 Å². The van der Waals surface area contributed by atoms with Crippen molar-refractivity contribution in [3.8, 4) is 5.19 Å². The fourth-order valence-corrected chi connectivity index (χ4v) is 4.13. The van der Waals surface area contributed by atoms with Crippen LogP contribution in [0.3, 0.4) is 0 Å². The first-order valence-corrected chi connectivity index (χ1v) is 9.26. The second-order valence-corrected chi connectivity index (χ2v) is 8.05. The summed E-state index contributed by atoms with van der Waals surface area (Å²) in [4.78, 5) is 4.31. The van der Waals surface area contributed by atoms with Gasteiger partial charge in [0.15, 0.2) is 0 Å². The number of nitrogens with zero attached hydrogens (tertiary/aromatic N) is 2. The van der Waals surface area contributed by atoms with Gasteiger partial charge in [-0.05, 0) is 31.0 Å². The molecule has 0 spiro atoms. The lowest BCUT2D eigenvalue weighted by atomic mass is 10.1. The molecule has 21 heavy (non-hydrogen) atoms. The first-order valence-electron chi connectivity index (χ1n) is 6.60. The third kappa shape index (κ3) is 3.33. The summed E-state index contributed by atoms with van der Waals surface area (Å²) in [5, 5.41) is 0.508. The summed E-state index contributed by atoms with van der Waals surface area (Å²) in [5.74, 6) is -0.292. The molecule has 1 aliphatic heterocycles. The van der Waals surface area contributed by atoms with E-state index < -0.39 is 10.0 Å². The lowest BCUT2D eigenvalue weighted by Gasteiger charge is -2.29. The molecule has 1 saturated heterocycles. The number of halogens is 1. The Labute approximate surface area is 126 Å². The number of hydrogen-bond acceptors (Lipinski definition) is 5. The van der Waals surface area contributed by atoms with Gasteiger partial charge in [-0.3, -0.25) is 0 Å². The van der Waals surface area contributed by atoms with Gasteiger partial charge in [0.2, 0.25) is 10.0 Å². The van der Waals surface area contributed by atoms with Crippen molar-refractivity contribution in [2.24, 2.45) is 0 Å². The normalized spacial score (nSPS) is 18.2. The van der Waals surface area contributed by atoms with E-state index in [0.29, 0.717) is 36.6 Å². The van der Waals surface area contributed by atoms with Crippen LogP contribution in [0.25, 0.3) is 10.2 Å². The zero-order valence-electron chi connectivity index (χ0n) is 11.5. The highest BCUT2D eigenvalue weighted by molar-refractivity contribution is 7.88. The monoisotopic (exact) mass is 330 g/mol. The van der Waals surface area contributed by atoms with E-state index in [2.05, 4.69) is 4.98 Å². The Morgan fingerprint density at radius 1 is 1.38 bits per heavy atom. The minimum Gasteiger partial charge on any atom is -0.467 e. The molecule has 0 unspecified atom stereocenters. The van der Waals surface area contributed by atoms with Gasteiger partial charge in [-0.2, -0.15) is 0 Å². The van der Waals surface area contributed by atoms with Crippen molar-refractivity contribution < 1.29 is 17.5 Å². The maximum Gasteiger partial charge on any atom is 0.274 e. The predicted molar refractivity (Wildman–Crippen MR) is 79.6 cm³/mol. The summed E-state index contributed by atoms with van der Waals surface area (Å²) in [5.41, 5.74) is 0.713. The zero-order chi connectivity index (χ0) is 15.0. The molecule has 2 heterocycles. The zero-order valence-corrected chi connectivity index (χ0v) is 13.1. The molecule has 1 aliphatic rings. The lowest BCUT2D eigenvalue weighted by molar-refractivity contribution is 0.135. The number of rotatable bonds is 3. The van der Waals surface area contributed by atoms with Crippen molar-refractivity contribution in [3.63, 3.8) is 0 Å². The largest absolute Gasteiger partial charge is 0.467 e. The van der Waals surface area contributed by atoms with Gasteiger partial charge in [-0.15, -0.1) is 0 Å². The van der Waals surface area contributed by atoms with E-state index >= 15 is 0 Å². The molecule has 0 bridgehead atoms. The maximum absolute atomic E-state index is 13.1. The van der Waals surface area contributed by atoms with Crippen LogP contribution in [0.5, 0.6) is 5.19 Å². The molecular weight excluding hydrogens is 315 g/mol. The maximum atomic E-state index is 13.1. The van der Waals surface area contributed by atoms with Crippen LogP contribution in [0.1, 0.15) is 12.8 Å². The number of hydrogen-bond donors (Lipinski definition) is 0. The summed E-state index contributed by atoms with van der Waals surface area (Å²) < 4.78 is 44.0. The van der Waals surface area contributed by atoms with Gasteiger partial charge in [0, 0.05) is 13.1 Å². The quantitative estimate of drug-likeness (QED) is 0.866. The highest BCUT2D eigenvalue weighted by atomic mass is 32.2. The third-order valence-electron chi connectivity index (χ3n) is 3.47. The van der Waals surface area contributed by atoms with E-state index in [4.69, 9.17) is 4.74 Å². The summed E-state index contributed by atoms with van der Waals surface area (Å²) in [6, 6.07) is 4.43. The molecule has 0 aliphatic carbocycles. The van der Waals surface area contributed by atoms with Crippen LogP contribution in [0.4, 0.5) is 4.39 Å². The van der Waals surface area contributed by atoms with Gasteiger partial charge in [-0.1, -0.05) is 11.3 Å². The molecule has 2 aromatic rings. The molecular formula is C13H15FN2O3S2. The van der Waals surface area contributed by atoms with E-state index in [9.17, 15) is 12.8 Å². The van der Waals surface area contributed by atoms with Crippen molar-refractivity contribution in [2.75, 3.05) is 19.3 Å². The molecule has 0 N–H and O–H groups in total. The number of piperidine rings is 1. The number of ether oxygens (including phenoxy) is 1. The van der Waals surface area contributed by atoms with Crippen LogP contribution < -0.4 is 4.74 Å². The number of fused-ring (bicyclic) bond motifs is 1. The van der Waals surface area contributed by atoms with Crippen LogP contribution >= 0.6 is 11.3 Å². The topological polar surface area (TPSA) is 59.5 Å². The molecule has 0 radical (unpaired) electrons. The second kappa shape index (κ2) is 5.51. The second-order valence-electron chi connectivity index (χ2n) is 5.07. The predicted octanol–water partition coefficient (Wildman–Crippen LogP) is 2.24. The van der Waals surface area contributed by atoms with E-state index in [-0.39, 0.29) is 11.9 Å². The molecule has 1 aromatic carbocycles. The van der Waals surface area contributed by atoms with Crippen LogP contribution in [0.2, 0.25) is 0 Å². The van der Waals surface area contributed by atoms with Crippen LogP contribution in [-0.4, -0.2) is 43.2 Å². The molecule has 1 aromatic heterocycles. The Bertz CT molecular complexity index is 752. The molecule has 114 valence electrons. The summed E-state index contributed by atoms with van der Waals surface area (Å²) in [7, 11) is -3.12. The summed E-state index contributed by atoms with van der Waals surface area (Å²) >= 11 is 1.31. The number of benzene rings is 1. The number of aromatic nitrogens is 1. The number of sulfonamides is 1. The van der Waals surface area contributed by atoms with Crippen molar-refractivity contribution in [2.45, 2.75) is 18.9 Å². The first-order chi connectivity index (χ1) is 9.91. The summed E-state index contributed by atoms with van der Waals surface area (Å²) in [6.07, 6.45) is 2.44. The van der Waals surface area contributed by atoms with Gasteiger partial charge in [0.05, 0.1) is 16.5 Å². The Balaban J connectivity index is 1.67. The van der Waals surface area contributed by atoms with Gasteiger partial charge in [0.25, 0.3) is 5.19 Å². The summed E-state index contributed by atoms with van der Waals surface area (Å²) in [6.45, 7) is 0.923. The van der Waals surface area contributed by atoms with Gasteiger partial charge in [-0.25, -0.2) is 22.1 Å². The van der Waals surface area contributed by atoms with Crippen molar-refractivity contribution in [3.05, 3.63) is 24.0 Å². The smallest absolute Gasteiger partial charge is 0.274 e. The molecule has 3 rings (SSSR count). The Hall–Kier alpha value is -1.25. The van der Waals surface area contributed by atoms with E-state index in [1.807, 2.05) is 0 Å². The van der Waals surface area contributed by atoms with Crippen molar-refractivity contribution >= 4 is 31.6 Å². The molecule has 0 atom stereocenters. The van der Waals surface area contributed by atoms with Gasteiger partial charge >= 0.3 is 0 Å². The van der Waals surface area contributed by atoms with Crippen LogP contribution in [0.15, 0.2) is 18.2 Å². The third-order valence-corrected chi connectivity index (χ3v) is 5.68. The van der Waals surface area contributed by atoms with Crippen molar-refractivity contribution in [1.29, 1.82) is 0 Å². The Morgan fingerprint density at radius 2 is 2.10 bits per heavy atom. The van der Waals surface area contributed by atoms with Crippen LogP contribution in [-0.2, 0) is 10.0 Å². The fraction of sp³-hybridized carbons (Fsp3) is 0.462. The van der Waals surface area contributed by atoms with E-state index in [0.717, 1.165) is 4.70 Å². The minimum atomic E-state index is -3.12. The Morgan fingerprint density at radius 3 is 2.76 bits per heavy atom. The van der Waals surface area contributed by atoms with E-state index in [1.165, 1.54) is 34.0 Å². The molecule has 0 amide bonds. The average molecular weight is 330 g/mol. The fourth-order valence-electron chi connectivity index (χ4n) is 2.35.